The number of urea groups is 2. The normalized spacial score (nSPS) is 15.7. The Morgan fingerprint density at radius 2 is 1.70 bits per heavy atom. The summed E-state index contributed by atoms with van der Waals surface area (Å²) in [7, 11) is 3.43. The molecule has 0 atom stereocenters. The second kappa shape index (κ2) is 7.68. The number of nitrogens with one attached hydrogen (secondary N) is 2. The molecular formula is C12H23N5O3. The van der Waals surface area contributed by atoms with E-state index >= 15 is 0 Å². The Kier molecular flexibility index (Phi) is 6.23. The highest BCUT2D eigenvalue weighted by molar-refractivity contribution is 5.95. The second-order valence-corrected chi connectivity index (χ2v) is 4.85. The van der Waals surface area contributed by atoms with Crippen LogP contribution in [0.15, 0.2) is 0 Å². The average Bonchev–Trinajstić information content (AvgIpc) is 2.38. The van der Waals surface area contributed by atoms with Crippen molar-refractivity contribution in [3.63, 3.8) is 0 Å². The first-order valence-electron chi connectivity index (χ1n) is 6.70. The van der Waals surface area contributed by atoms with Gasteiger partial charge in [0.25, 0.3) is 0 Å². The summed E-state index contributed by atoms with van der Waals surface area (Å²) in [6.07, 6.45) is 0. The molecule has 8 nitrogen and oxygen atoms in total. The number of imide groups is 1. The van der Waals surface area contributed by atoms with Crippen LogP contribution in [0.4, 0.5) is 9.59 Å². The van der Waals surface area contributed by atoms with Crippen molar-refractivity contribution in [1.29, 1.82) is 0 Å². The lowest BCUT2D eigenvalue weighted by Gasteiger charge is -2.35. The quantitative estimate of drug-likeness (QED) is 0.706. The molecular weight excluding hydrogens is 262 g/mol. The third-order valence-electron chi connectivity index (χ3n) is 2.98. The zero-order valence-corrected chi connectivity index (χ0v) is 12.3. The van der Waals surface area contributed by atoms with Gasteiger partial charge in [-0.15, -0.1) is 0 Å². The number of hydrogen-bond donors (Lipinski definition) is 2. The molecule has 0 unspecified atom stereocenters. The number of rotatable bonds is 3. The molecule has 0 aromatic heterocycles. The van der Waals surface area contributed by atoms with E-state index in [4.69, 9.17) is 0 Å². The molecule has 20 heavy (non-hydrogen) atoms. The van der Waals surface area contributed by atoms with Gasteiger partial charge in [-0.05, 0) is 6.92 Å². The van der Waals surface area contributed by atoms with E-state index in [1.54, 1.807) is 25.9 Å². The third kappa shape index (κ3) is 5.04. The molecule has 2 N–H and O–H groups in total. The van der Waals surface area contributed by atoms with Crippen molar-refractivity contribution in [1.82, 2.24) is 25.3 Å². The Labute approximate surface area is 119 Å². The minimum absolute atomic E-state index is 0.0172. The van der Waals surface area contributed by atoms with E-state index in [1.807, 2.05) is 4.90 Å². The summed E-state index contributed by atoms with van der Waals surface area (Å²) in [5.74, 6) is -0.330. The van der Waals surface area contributed by atoms with E-state index in [9.17, 15) is 14.4 Å². The Bertz CT molecular complexity index is 364. The lowest BCUT2D eigenvalue weighted by Crippen LogP contribution is -2.53. The molecule has 1 saturated heterocycles. The summed E-state index contributed by atoms with van der Waals surface area (Å²) in [4.78, 5) is 39.8. The minimum Gasteiger partial charge on any atom is -0.338 e. The highest BCUT2D eigenvalue weighted by Gasteiger charge is 2.23. The predicted molar refractivity (Wildman–Crippen MR) is 74.3 cm³/mol. The van der Waals surface area contributed by atoms with E-state index in [2.05, 4.69) is 10.6 Å². The number of piperazine rings is 1. The van der Waals surface area contributed by atoms with Gasteiger partial charge in [-0.2, -0.15) is 0 Å². The van der Waals surface area contributed by atoms with Gasteiger partial charge in [-0.25, -0.2) is 9.59 Å². The standard InChI is InChI=1S/C12H23N5O3/c1-4-13-11(19)14-10(18)9-16-5-7-17(8-6-16)12(20)15(2)3/h4-9H2,1-3H3,(H2,13,14,18,19). The van der Waals surface area contributed by atoms with Gasteiger partial charge in [0, 0.05) is 46.8 Å². The summed E-state index contributed by atoms with van der Waals surface area (Å²) in [6.45, 7) is 4.86. The number of nitrogens with zero attached hydrogens (tertiary/aromatic N) is 3. The second-order valence-electron chi connectivity index (χ2n) is 4.85. The molecule has 0 radical (unpaired) electrons. The number of carbonyl (C=O) groups excluding carboxylic acids is 3. The summed E-state index contributed by atoms with van der Waals surface area (Å²) in [5.41, 5.74) is 0. The molecule has 114 valence electrons. The van der Waals surface area contributed by atoms with Gasteiger partial charge >= 0.3 is 12.1 Å². The zero-order valence-electron chi connectivity index (χ0n) is 12.3. The van der Waals surface area contributed by atoms with Crippen molar-refractivity contribution in [2.24, 2.45) is 0 Å². The maximum atomic E-state index is 11.7. The molecule has 5 amide bonds. The molecule has 0 aromatic rings. The number of carbonyl (C=O) groups is 3. The summed E-state index contributed by atoms with van der Waals surface area (Å²) in [5, 5.41) is 4.76. The summed E-state index contributed by atoms with van der Waals surface area (Å²) < 4.78 is 0. The summed E-state index contributed by atoms with van der Waals surface area (Å²) >= 11 is 0. The molecule has 0 aliphatic carbocycles. The topological polar surface area (TPSA) is 85.0 Å². The van der Waals surface area contributed by atoms with Gasteiger partial charge in [0.2, 0.25) is 5.91 Å². The average molecular weight is 285 g/mol. The van der Waals surface area contributed by atoms with Crippen LogP contribution in [0, 0.1) is 0 Å². The predicted octanol–water partition coefficient (Wildman–Crippen LogP) is -0.869. The molecule has 1 heterocycles. The van der Waals surface area contributed by atoms with Crippen LogP contribution in [0.25, 0.3) is 0 Å². The van der Waals surface area contributed by atoms with E-state index in [-0.39, 0.29) is 18.5 Å². The van der Waals surface area contributed by atoms with Crippen LogP contribution in [-0.4, -0.2) is 86.0 Å². The van der Waals surface area contributed by atoms with Crippen molar-refractivity contribution >= 4 is 18.0 Å². The molecule has 1 fully saturated rings. The third-order valence-corrected chi connectivity index (χ3v) is 2.98. The van der Waals surface area contributed by atoms with Crippen molar-refractivity contribution < 1.29 is 14.4 Å². The molecule has 0 aromatic carbocycles. The van der Waals surface area contributed by atoms with E-state index in [0.29, 0.717) is 32.7 Å². The lowest BCUT2D eigenvalue weighted by atomic mass is 10.3. The molecule has 1 aliphatic heterocycles. The summed E-state index contributed by atoms with van der Waals surface area (Å²) in [6, 6.07) is -0.490. The monoisotopic (exact) mass is 285 g/mol. The Morgan fingerprint density at radius 3 is 2.20 bits per heavy atom. The van der Waals surface area contributed by atoms with Crippen molar-refractivity contribution in [2.45, 2.75) is 6.92 Å². The largest absolute Gasteiger partial charge is 0.338 e. The number of hydrogen-bond acceptors (Lipinski definition) is 4. The Balaban J connectivity index is 2.30. The van der Waals surface area contributed by atoms with Gasteiger partial charge < -0.3 is 15.1 Å². The molecule has 0 spiro atoms. The minimum atomic E-state index is -0.473. The Morgan fingerprint density at radius 1 is 1.10 bits per heavy atom. The van der Waals surface area contributed by atoms with E-state index in [1.165, 1.54) is 4.90 Å². The fourth-order valence-corrected chi connectivity index (χ4v) is 1.95. The van der Waals surface area contributed by atoms with Gasteiger partial charge in [-0.3, -0.25) is 15.0 Å². The van der Waals surface area contributed by atoms with Crippen LogP contribution >= 0.6 is 0 Å². The van der Waals surface area contributed by atoms with Crippen LogP contribution < -0.4 is 10.6 Å². The van der Waals surface area contributed by atoms with Crippen LogP contribution in [0.1, 0.15) is 6.92 Å². The highest BCUT2D eigenvalue weighted by atomic mass is 16.2. The Hall–Kier alpha value is -1.83. The first-order valence-corrected chi connectivity index (χ1v) is 6.70. The maximum Gasteiger partial charge on any atom is 0.321 e. The fraction of sp³-hybridized carbons (Fsp3) is 0.750. The first kappa shape index (κ1) is 16.2. The molecule has 0 bridgehead atoms. The van der Waals surface area contributed by atoms with E-state index < -0.39 is 6.03 Å². The molecule has 1 aliphatic rings. The first-order chi connectivity index (χ1) is 9.43. The molecule has 0 saturated carbocycles. The molecule has 8 heteroatoms. The molecule has 1 rings (SSSR count). The van der Waals surface area contributed by atoms with Crippen molar-refractivity contribution in [2.75, 3.05) is 53.4 Å². The van der Waals surface area contributed by atoms with E-state index in [0.717, 1.165) is 0 Å². The van der Waals surface area contributed by atoms with Gasteiger partial charge in [-0.1, -0.05) is 0 Å². The van der Waals surface area contributed by atoms with Crippen molar-refractivity contribution in [3.8, 4) is 0 Å². The zero-order chi connectivity index (χ0) is 15.1. The van der Waals surface area contributed by atoms with Gasteiger partial charge in [0.1, 0.15) is 0 Å². The van der Waals surface area contributed by atoms with Crippen LogP contribution in [0.5, 0.6) is 0 Å². The van der Waals surface area contributed by atoms with Crippen LogP contribution in [-0.2, 0) is 4.79 Å². The van der Waals surface area contributed by atoms with Crippen molar-refractivity contribution in [3.05, 3.63) is 0 Å². The fourth-order valence-electron chi connectivity index (χ4n) is 1.95. The lowest BCUT2D eigenvalue weighted by molar-refractivity contribution is -0.121. The van der Waals surface area contributed by atoms with Crippen LogP contribution in [0.3, 0.4) is 0 Å². The van der Waals surface area contributed by atoms with Crippen LogP contribution in [0.2, 0.25) is 0 Å². The smallest absolute Gasteiger partial charge is 0.321 e. The maximum absolute atomic E-state index is 11.7. The van der Waals surface area contributed by atoms with Gasteiger partial charge in [0.15, 0.2) is 0 Å². The highest BCUT2D eigenvalue weighted by Crippen LogP contribution is 2.03. The number of amides is 5. The van der Waals surface area contributed by atoms with Gasteiger partial charge in [0.05, 0.1) is 6.54 Å². The SMILES string of the molecule is CCNC(=O)NC(=O)CN1CCN(C(=O)N(C)C)CC1.